The van der Waals surface area contributed by atoms with Crippen LogP contribution < -0.4 is 10.0 Å². The standard InChI is InChI=1S/C17H13F3N2O2S2.C2H6/c1-10-2-4-14(13(19)8-10)21-17-15(5-3-12(18)16(17)20)22-26(23,24)11-6-7-25-9-11;1-2/h2-9,21-22H,1H3;1-2H3. The van der Waals surface area contributed by atoms with Gasteiger partial charge < -0.3 is 5.32 Å². The second-order valence-electron chi connectivity index (χ2n) is 5.46. The van der Waals surface area contributed by atoms with E-state index in [1.807, 2.05) is 13.8 Å². The van der Waals surface area contributed by atoms with E-state index in [4.69, 9.17) is 0 Å². The fourth-order valence-electron chi connectivity index (χ4n) is 2.22. The van der Waals surface area contributed by atoms with Crippen molar-refractivity contribution in [2.45, 2.75) is 25.7 Å². The topological polar surface area (TPSA) is 58.2 Å². The summed E-state index contributed by atoms with van der Waals surface area (Å²) >= 11 is 1.17. The minimum atomic E-state index is -3.99. The summed E-state index contributed by atoms with van der Waals surface area (Å²) in [5.74, 6) is -3.20. The second kappa shape index (κ2) is 9.11. The third kappa shape index (κ3) is 4.85. The van der Waals surface area contributed by atoms with Gasteiger partial charge in [0, 0.05) is 5.38 Å². The zero-order chi connectivity index (χ0) is 20.9. The van der Waals surface area contributed by atoms with Crippen LogP contribution in [0.2, 0.25) is 0 Å². The summed E-state index contributed by atoms with van der Waals surface area (Å²) in [5.41, 5.74) is -0.219. The number of halogens is 3. The largest absolute Gasteiger partial charge is 0.349 e. The lowest BCUT2D eigenvalue weighted by Crippen LogP contribution is -2.14. The van der Waals surface area contributed by atoms with Crippen LogP contribution in [0.15, 0.2) is 52.1 Å². The molecule has 0 unspecified atom stereocenters. The van der Waals surface area contributed by atoms with Crippen molar-refractivity contribution in [2.75, 3.05) is 10.0 Å². The first-order valence-corrected chi connectivity index (χ1v) is 10.8. The zero-order valence-electron chi connectivity index (χ0n) is 15.4. The average molecular weight is 429 g/mol. The molecule has 0 aliphatic carbocycles. The maximum Gasteiger partial charge on any atom is 0.262 e. The van der Waals surface area contributed by atoms with E-state index >= 15 is 0 Å². The normalized spacial score (nSPS) is 10.8. The van der Waals surface area contributed by atoms with Crippen molar-refractivity contribution < 1.29 is 21.6 Å². The van der Waals surface area contributed by atoms with Crippen LogP contribution in [0, 0.1) is 24.4 Å². The lowest BCUT2D eigenvalue weighted by molar-refractivity contribution is 0.512. The Balaban J connectivity index is 0.00000136. The summed E-state index contributed by atoms with van der Waals surface area (Å²) in [5, 5.41) is 5.40. The smallest absolute Gasteiger partial charge is 0.262 e. The number of anilines is 3. The summed E-state index contributed by atoms with van der Waals surface area (Å²) < 4.78 is 68.9. The Morgan fingerprint density at radius 3 is 2.21 bits per heavy atom. The van der Waals surface area contributed by atoms with Crippen LogP contribution in [0.3, 0.4) is 0 Å². The fraction of sp³-hybridized carbons (Fsp3) is 0.158. The predicted molar refractivity (Wildman–Crippen MR) is 107 cm³/mol. The van der Waals surface area contributed by atoms with E-state index in [0.29, 0.717) is 5.56 Å². The number of aryl methyl sites for hydroxylation is 1. The highest BCUT2D eigenvalue weighted by Crippen LogP contribution is 2.33. The minimum Gasteiger partial charge on any atom is -0.349 e. The van der Waals surface area contributed by atoms with Crippen molar-refractivity contribution in [3.63, 3.8) is 0 Å². The Morgan fingerprint density at radius 2 is 1.61 bits per heavy atom. The van der Waals surface area contributed by atoms with Gasteiger partial charge in [0.1, 0.15) is 11.5 Å². The van der Waals surface area contributed by atoms with Crippen molar-refractivity contribution in [2.24, 2.45) is 0 Å². The molecule has 9 heteroatoms. The molecule has 0 aliphatic rings. The molecule has 0 atom stereocenters. The molecule has 0 fully saturated rings. The van der Waals surface area contributed by atoms with Crippen LogP contribution in [0.4, 0.5) is 30.2 Å². The first-order chi connectivity index (χ1) is 13.3. The number of sulfonamides is 1. The molecule has 2 aromatic carbocycles. The highest BCUT2D eigenvalue weighted by atomic mass is 32.2. The van der Waals surface area contributed by atoms with E-state index in [1.165, 1.54) is 34.9 Å². The molecule has 0 saturated heterocycles. The van der Waals surface area contributed by atoms with E-state index in [1.54, 1.807) is 18.4 Å². The van der Waals surface area contributed by atoms with Gasteiger partial charge in [-0.15, -0.1) is 0 Å². The van der Waals surface area contributed by atoms with Crippen molar-refractivity contribution in [1.29, 1.82) is 0 Å². The van der Waals surface area contributed by atoms with Crippen molar-refractivity contribution in [3.8, 4) is 0 Å². The van der Waals surface area contributed by atoms with Crippen molar-refractivity contribution >= 4 is 38.4 Å². The summed E-state index contributed by atoms with van der Waals surface area (Å²) in [6.45, 7) is 5.68. The molecule has 0 spiro atoms. The van der Waals surface area contributed by atoms with E-state index < -0.39 is 33.2 Å². The Hall–Kier alpha value is -2.52. The van der Waals surface area contributed by atoms with Crippen LogP contribution in [0.25, 0.3) is 0 Å². The SMILES string of the molecule is CC.Cc1ccc(Nc2c(NS(=O)(=O)c3ccsc3)ccc(F)c2F)c(F)c1. The number of thiophene rings is 1. The molecule has 150 valence electrons. The maximum atomic E-state index is 14.3. The number of hydrogen-bond acceptors (Lipinski definition) is 4. The molecular weight excluding hydrogens is 409 g/mol. The number of hydrogen-bond donors (Lipinski definition) is 2. The third-order valence-corrected chi connectivity index (χ3v) is 5.72. The van der Waals surface area contributed by atoms with E-state index in [2.05, 4.69) is 10.0 Å². The molecule has 3 aromatic rings. The first kappa shape index (κ1) is 21.8. The van der Waals surface area contributed by atoms with Gasteiger partial charge in [0.05, 0.1) is 16.3 Å². The van der Waals surface area contributed by atoms with Gasteiger partial charge in [-0.2, -0.15) is 11.3 Å². The van der Waals surface area contributed by atoms with Crippen LogP contribution in [-0.4, -0.2) is 8.42 Å². The molecule has 28 heavy (non-hydrogen) atoms. The van der Waals surface area contributed by atoms with E-state index in [-0.39, 0.29) is 16.3 Å². The summed E-state index contributed by atoms with van der Waals surface area (Å²) in [7, 11) is -3.99. The molecule has 0 bridgehead atoms. The van der Waals surface area contributed by atoms with Gasteiger partial charge in [-0.05, 0) is 48.2 Å². The molecule has 0 saturated carbocycles. The number of benzene rings is 2. The minimum absolute atomic E-state index is 0.0142. The number of rotatable bonds is 5. The van der Waals surface area contributed by atoms with Crippen LogP contribution >= 0.6 is 11.3 Å². The van der Waals surface area contributed by atoms with Gasteiger partial charge >= 0.3 is 0 Å². The van der Waals surface area contributed by atoms with Gasteiger partial charge in [-0.3, -0.25) is 4.72 Å². The van der Waals surface area contributed by atoms with Crippen LogP contribution in [0.5, 0.6) is 0 Å². The zero-order valence-corrected chi connectivity index (χ0v) is 17.0. The molecule has 2 N–H and O–H groups in total. The second-order valence-corrected chi connectivity index (χ2v) is 7.92. The quantitative estimate of drug-likeness (QED) is 0.521. The van der Waals surface area contributed by atoms with Gasteiger partial charge in [-0.1, -0.05) is 19.9 Å². The molecule has 1 aromatic heterocycles. The van der Waals surface area contributed by atoms with Gasteiger partial charge in [0.15, 0.2) is 11.6 Å². The maximum absolute atomic E-state index is 14.3. The molecule has 1 heterocycles. The lowest BCUT2D eigenvalue weighted by atomic mass is 10.2. The third-order valence-electron chi connectivity index (χ3n) is 3.53. The summed E-state index contributed by atoms with van der Waals surface area (Å²) in [6, 6.07) is 7.38. The Morgan fingerprint density at radius 1 is 0.929 bits per heavy atom. The fourth-order valence-corrected chi connectivity index (χ4v) is 4.32. The Kier molecular flexibility index (Phi) is 7.09. The van der Waals surface area contributed by atoms with Gasteiger partial charge in [-0.25, -0.2) is 21.6 Å². The highest BCUT2D eigenvalue weighted by Gasteiger charge is 2.21. The Bertz CT molecular complexity index is 1050. The summed E-state index contributed by atoms with van der Waals surface area (Å²) in [4.78, 5) is -0.0142. The first-order valence-electron chi connectivity index (χ1n) is 8.34. The van der Waals surface area contributed by atoms with Crippen LogP contribution in [-0.2, 0) is 10.0 Å². The van der Waals surface area contributed by atoms with Gasteiger partial charge in [0.2, 0.25) is 0 Å². The molecule has 0 radical (unpaired) electrons. The van der Waals surface area contributed by atoms with Crippen molar-refractivity contribution in [3.05, 3.63) is 70.2 Å². The molecule has 0 amide bonds. The van der Waals surface area contributed by atoms with Gasteiger partial charge in [0.25, 0.3) is 10.0 Å². The monoisotopic (exact) mass is 428 g/mol. The molecule has 4 nitrogen and oxygen atoms in total. The molecule has 0 aliphatic heterocycles. The van der Waals surface area contributed by atoms with Crippen molar-refractivity contribution in [1.82, 2.24) is 0 Å². The molecular formula is C19H19F3N2O2S2. The Labute approximate surface area is 166 Å². The van der Waals surface area contributed by atoms with Crippen LogP contribution in [0.1, 0.15) is 19.4 Å². The summed E-state index contributed by atoms with van der Waals surface area (Å²) in [6.07, 6.45) is 0. The average Bonchev–Trinajstić information content (AvgIpc) is 3.20. The number of nitrogens with one attached hydrogen (secondary N) is 2. The van der Waals surface area contributed by atoms with E-state index in [0.717, 1.165) is 12.1 Å². The van der Waals surface area contributed by atoms with E-state index in [9.17, 15) is 21.6 Å². The lowest BCUT2D eigenvalue weighted by Gasteiger charge is -2.15. The molecule has 3 rings (SSSR count). The highest BCUT2D eigenvalue weighted by molar-refractivity contribution is 7.92. The predicted octanol–water partition coefficient (Wildman–Crippen LogP) is 6.04.